The minimum atomic E-state index is -0.246. The second-order valence-corrected chi connectivity index (χ2v) is 5.03. The highest BCUT2D eigenvalue weighted by molar-refractivity contribution is 5.35. The van der Waals surface area contributed by atoms with Crippen LogP contribution in [0.3, 0.4) is 0 Å². The number of hydrogen-bond donors (Lipinski definition) is 1. The highest BCUT2D eigenvalue weighted by Gasteiger charge is 2.35. The van der Waals surface area contributed by atoms with Crippen LogP contribution < -0.4 is 0 Å². The van der Waals surface area contributed by atoms with Crippen molar-refractivity contribution in [3.05, 3.63) is 47.5 Å². The fraction of sp³-hybridized carbons (Fsp3) is 0.467. The van der Waals surface area contributed by atoms with E-state index in [4.69, 9.17) is 0 Å². The third kappa shape index (κ3) is 1.60. The maximum absolute atomic E-state index is 10.4. The lowest BCUT2D eigenvalue weighted by Crippen LogP contribution is -2.19. The first-order valence-corrected chi connectivity index (χ1v) is 6.29. The summed E-state index contributed by atoms with van der Waals surface area (Å²) in [6, 6.07) is 8.34. The highest BCUT2D eigenvalue weighted by atomic mass is 16.3. The van der Waals surface area contributed by atoms with Crippen LogP contribution in [-0.4, -0.2) is 5.11 Å². The molecule has 0 spiro atoms. The van der Waals surface area contributed by atoms with Gasteiger partial charge in [0.1, 0.15) is 0 Å². The first-order valence-electron chi connectivity index (χ1n) is 6.29. The maximum atomic E-state index is 10.4. The van der Waals surface area contributed by atoms with E-state index >= 15 is 0 Å². The van der Waals surface area contributed by atoms with Crippen LogP contribution in [0.5, 0.6) is 0 Å². The Bertz CT molecular complexity index is 408. The maximum Gasteiger partial charge on any atom is 0.0829 e. The van der Waals surface area contributed by atoms with E-state index in [0.29, 0.717) is 11.8 Å². The van der Waals surface area contributed by atoms with Crippen molar-refractivity contribution in [2.75, 3.05) is 0 Å². The smallest absolute Gasteiger partial charge is 0.0829 e. The van der Waals surface area contributed by atoms with Crippen molar-refractivity contribution >= 4 is 0 Å². The topological polar surface area (TPSA) is 20.2 Å². The SMILES string of the molecule is OC1c2ccccc2CC1C1C=CCCC1. The standard InChI is InChI=1S/C15H18O/c16-15-13-9-5-4-8-12(13)10-14(15)11-6-2-1-3-7-11/h2,4-6,8-9,11,14-16H,1,3,7,10H2. The quantitative estimate of drug-likeness (QED) is 0.711. The third-order valence-electron chi connectivity index (χ3n) is 4.08. The Morgan fingerprint density at radius 1 is 1.19 bits per heavy atom. The van der Waals surface area contributed by atoms with E-state index < -0.39 is 0 Å². The van der Waals surface area contributed by atoms with Crippen LogP contribution in [-0.2, 0) is 6.42 Å². The second-order valence-electron chi connectivity index (χ2n) is 5.03. The lowest BCUT2D eigenvalue weighted by molar-refractivity contribution is 0.0952. The largest absolute Gasteiger partial charge is 0.388 e. The molecule has 3 unspecified atom stereocenters. The zero-order valence-electron chi connectivity index (χ0n) is 9.47. The number of fused-ring (bicyclic) bond motifs is 1. The molecule has 0 saturated carbocycles. The van der Waals surface area contributed by atoms with Gasteiger partial charge in [0.15, 0.2) is 0 Å². The summed E-state index contributed by atoms with van der Waals surface area (Å²) >= 11 is 0. The minimum absolute atomic E-state index is 0.246. The van der Waals surface area contributed by atoms with Gasteiger partial charge in [0.25, 0.3) is 0 Å². The van der Waals surface area contributed by atoms with Crippen molar-refractivity contribution < 1.29 is 5.11 Å². The Morgan fingerprint density at radius 3 is 2.81 bits per heavy atom. The first-order chi connectivity index (χ1) is 7.86. The molecule has 2 aliphatic carbocycles. The van der Waals surface area contributed by atoms with Gasteiger partial charge in [-0.2, -0.15) is 0 Å². The van der Waals surface area contributed by atoms with Gasteiger partial charge >= 0.3 is 0 Å². The fourth-order valence-corrected chi connectivity index (χ4v) is 3.19. The predicted molar refractivity (Wildman–Crippen MR) is 65.1 cm³/mol. The summed E-state index contributed by atoms with van der Waals surface area (Å²) in [5.74, 6) is 0.991. The van der Waals surface area contributed by atoms with Crippen LogP contribution in [0.15, 0.2) is 36.4 Å². The van der Waals surface area contributed by atoms with E-state index in [1.807, 2.05) is 6.07 Å². The molecule has 1 N–H and O–H groups in total. The van der Waals surface area contributed by atoms with Gasteiger partial charge in [-0.05, 0) is 48.6 Å². The van der Waals surface area contributed by atoms with Gasteiger partial charge in [0, 0.05) is 0 Å². The van der Waals surface area contributed by atoms with E-state index in [1.165, 1.54) is 24.8 Å². The van der Waals surface area contributed by atoms with Gasteiger partial charge in [-0.3, -0.25) is 0 Å². The van der Waals surface area contributed by atoms with Gasteiger partial charge in [0.2, 0.25) is 0 Å². The number of aliphatic hydroxyl groups excluding tert-OH is 1. The Balaban J connectivity index is 1.86. The summed E-state index contributed by atoms with van der Waals surface area (Å²) in [4.78, 5) is 0. The molecule has 0 aromatic heterocycles. The van der Waals surface area contributed by atoms with Crippen LogP contribution in [0.4, 0.5) is 0 Å². The molecule has 3 atom stereocenters. The van der Waals surface area contributed by atoms with Crippen molar-refractivity contribution in [2.24, 2.45) is 11.8 Å². The lowest BCUT2D eigenvalue weighted by Gasteiger charge is -2.25. The van der Waals surface area contributed by atoms with Crippen molar-refractivity contribution in [1.29, 1.82) is 0 Å². The molecule has 1 heteroatoms. The lowest BCUT2D eigenvalue weighted by atomic mass is 9.81. The van der Waals surface area contributed by atoms with Crippen LogP contribution in [0.1, 0.15) is 36.5 Å². The molecule has 84 valence electrons. The van der Waals surface area contributed by atoms with E-state index in [9.17, 15) is 5.11 Å². The Morgan fingerprint density at radius 2 is 2.06 bits per heavy atom. The second kappa shape index (κ2) is 4.06. The van der Waals surface area contributed by atoms with Crippen molar-refractivity contribution in [3.63, 3.8) is 0 Å². The molecule has 0 fully saturated rings. The number of rotatable bonds is 1. The Labute approximate surface area is 96.8 Å². The molecule has 1 aromatic carbocycles. The number of aliphatic hydroxyl groups is 1. The molecule has 0 radical (unpaired) electrons. The molecule has 0 bridgehead atoms. The zero-order valence-corrected chi connectivity index (χ0v) is 9.47. The van der Waals surface area contributed by atoms with Gasteiger partial charge in [-0.15, -0.1) is 0 Å². The molecule has 0 amide bonds. The predicted octanol–water partition coefficient (Wildman–Crippen LogP) is 3.25. The molecule has 3 rings (SSSR count). The van der Waals surface area contributed by atoms with Gasteiger partial charge in [0.05, 0.1) is 6.10 Å². The molecular formula is C15H18O. The molecule has 0 saturated heterocycles. The summed E-state index contributed by atoms with van der Waals surface area (Å²) in [7, 11) is 0. The molecule has 0 aliphatic heterocycles. The molecular weight excluding hydrogens is 196 g/mol. The average molecular weight is 214 g/mol. The van der Waals surface area contributed by atoms with E-state index in [-0.39, 0.29) is 6.10 Å². The van der Waals surface area contributed by atoms with Gasteiger partial charge < -0.3 is 5.11 Å². The highest BCUT2D eigenvalue weighted by Crippen LogP contribution is 2.42. The molecule has 2 aliphatic rings. The zero-order chi connectivity index (χ0) is 11.0. The normalized spacial score (nSPS) is 32.7. The number of benzene rings is 1. The van der Waals surface area contributed by atoms with E-state index in [2.05, 4.69) is 30.4 Å². The summed E-state index contributed by atoms with van der Waals surface area (Å²) in [5, 5.41) is 10.4. The van der Waals surface area contributed by atoms with E-state index in [1.54, 1.807) is 0 Å². The molecule has 16 heavy (non-hydrogen) atoms. The fourth-order valence-electron chi connectivity index (χ4n) is 3.19. The number of hydrogen-bond acceptors (Lipinski definition) is 1. The van der Waals surface area contributed by atoms with Crippen LogP contribution >= 0.6 is 0 Å². The van der Waals surface area contributed by atoms with Crippen molar-refractivity contribution in [3.8, 4) is 0 Å². The Kier molecular flexibility index (Phi) is 2.56. The first kappa shape index (κ1) is 10.1. The van der Waals surface area contributed by atoms with Gasteiger partial charge in [-0.25, -0.2) is 0 Å². The minimum Gasteiger partial charge on any atom is -0.388 e. The average Bonchev–Trinajstić information content (AvgIpc) is 2.69. The van der Waals surface area contributed by atoms with Crippen molar-refractivity contribution in [2.45, 2.75) is 31.8 Å². The van der Waals surface area contributed by atoms with Crippen LogP contribution in [0, 0.1) is 11.8 Å². The number of allylic oxidation sites excluding steroid dienone is 2. The third-order valence-corrected chi connectivity index (χ3v) is 4.08. The monoisotopic (exact) mass is 214 g/mol. The van der Waals surface area contributed by atoms with Crippen LogP contribution in [0.25, 0.3) is 0 Å². The van der Waals surface area contributed by atoms with Gasteiger partial charge in [-0.1, -0.05) is 36.4 Å². The summed E-state index contributed by atoms with van der Waals surface area (Å²) in [6.07, 6.45) is 9.14. The molecule has 1 nitrogen and oxygen atoms in total. The van der Waals surface area contributed by atoms with Crippen molar-refractivity contribution in [1.82, 2.24) is 0 Å². The molecule has 1 aromatic rings. The summed E-state index contributed by atoms with van der Waals surface area (Å²) < 4.78 is 0. The Hall–Kier alpha value is -1.08. The van der Waals surface area contributed by atoms with E-state index in [0.717, 1.165) is 12.0 Å². The molecule has 0 heterocycles. The van der Waals surface area contributed by atoms with Crippen LogP contribution in [0.2, 0.25) is 0 Å². The summed E-state index contributed by atoms with van der Waals surface area (Å²) in [5.41, 5.74) is 2.51. The summed E-state index contributed by atoms with van der Waals surface area (Å²) in [6.45, 7) is 0.